The van der Waals surface area contributed by atoms with E-state index in [4.69, 9.17) is 0 Å². The largest absolute Gasteiger partial charge is 0.810 e. The molecule has 0 spiro atoms. The summed E-state index contributed by atoms with van der Waals surface area (Å²) >= 11 is 0. The van der Waals surface area contributed by atoms with E-state index in [1.165, 1.54) is 11.1 Å². The molecule has 0 heterocycles. The molecule has 2 N–H and O–H groups in total. The number of hydrogen-bond donors (Lipinski definition) is 2. The Morgan fingerprint density at radius 3 is 0.980 bits per heavy atom. The Hall–Kier alpha value is -3.19. The van der Waals surface area contributed by atoms with Gasteiger partial charge >= 0.3 is 0 Å². The molecule has 0 saturated heterocycles. The van der Waals surface area contributed by atoms with Crippen molar-refractivity contribution in [3.05, 3.63) is 153 Å². The first-order valence-corrected chi connectivity index (χ1v) is 16.6. The fraction of sp³-hybridized carbons (Fsp3) is 0.364. The van der Waals surface area contributed by atoms with Gasteiger partial charge in [0.05, 0.1) is 0 Å². The van der Waals surface area contributed by atoms with E-state index in [1.54, 1.807) is 0 Å². The molecule has 0 amide bonds. The molecule has 4 nitrogen and oxygen atoms in total. The Bertz CT molecular complexity index is 1520. The predicted octanol–water partition coefficient (Wildman–Crippen LogP) is 12.1. The van der Waals surface area contributed by atoms with Crippen molar-refractivity contribution in [2.24, 2.45) is 0 Å². The third kappa shape index (κ3) is 14.2. The van der Waals surface area contributed by atoms with E-state index < -0.39 is 0 Å². The van der Waals surface area contributed by atoms with Crippen LogP contribution in [0.5, 0.6) is 11.5 Å². The Labute approximate surface area is 331 Å². The van der Waals surface area contributed by atoms with Crippen LogP contribution in [0.15, 0.2) is 84.9 Å². The number of benzene rings is 4. The van der Waals surface area contributed by atoms with Gasteiger partial charge in [0.2, 0.25) is 0 Å². The van der Waals surface area contributed by atoms with Crippen molar-refractivity contribution in [1.29, 1.82) is 0 Å². The molecule has 0 aromatic heterocycles. The van der Waals surface area contributed by atoms with Crippen LogP contribution >= 0.6 is 24.0 Å². The number of phenolic OH excluding ortho intramolecular Hbond substituents is 2. The van der Waals surface area contributed by atoms with Gasteiger partial charge in [0.15, 0.2) is 0 Å². The molecule has 273 valence electrons. The zero-order valence-corrected chi connectivity index (χ0v) is 35.5. The van der Waals surface area contributed by atoms with Crippen LogP contribution in [0.2, 0.25) is 0 Å². The zero-order valence-electron chi connectivity index (χ0n) is 32.0. The minimum Gasteiger partial charge on any atom is -0.810 e. The van der Waals surface area contributed by atoms with Crippen molar-refractivity contribution < 1.29 is 27.3 Å². The second-order valence-electron chi connectivity index (χ2n) is 16.3. The average molecular weight is 828 g/mol. The van der Waals surface area contributed by atoms with Crippen LogP contribution in [-0.2, 0) is 38.7 Å². The fourth-order valence-corrected chi connectivity index (χ4v) is 4.84. The summed E-state index contributed by atoms with van der Waals surface area (Å²) in [5, 5.41) is 38.7. The van der Waals surface area contributed by atoms with E-state index in [0.717, 1.165) is 34.7 Å². The van der Waals surface area contributed by atoms with Crippen LogP contribution in [0.25, 0.3) is 10.8 Å². The number of halogens is 1. The van der Waals surface area contributed by atoms with Crippen molar-refractivity contribution in [2.75, 3.05) is 0 Å². The second-order valence-corrected chi connectivity index (χ2v) is 16.3. The number of rotatable bonds is 5. The molecular formula is C44H57IMnN2O2-4. The van der Waals surface area contributed by atoms with Gasteiger partial charge in [-0.1, -0.05) is 107 Å². The fourth-order valence-electron chi connectivity index (χ4n) is 4.84. The average Bonchev–Trinajstić information content (AvgIpc) is 2.99. The van der Waals surface area contributed by atoms with E-state index >= 15 is 0 Å². The van der Waals surface area contributed by atoms with Crippen LogP contribution in [0, 0.1) is 12.8 Å². The third-order valence-electron chi connectivity index (χ3n) is 7.97. The molecule has 0 saturated carbocycles. The monoisotopic (exact) mass is 827 g/mol. The quantitative estimate of drug-likeness (QED) is 0.0909. The molecule has 0 bridgehead atoms. The maximum atomic E-state index is 10.1. The smallest absolute Gasteiger partial charge is 0.124 e. The molecule has 0 aliphatic heterocycles. The normalized spacial score (nSPS) is 11.2. The maximum absolute atomic E-state index is 10.1. The van der Waals surface area contributed by atoms with Crippen molar-refractivity contribution in [3.63, 3.8) is 0 Å². The summed E-state index contributed by atoms with van der Waals surface area (Å²) < 4.78 is 0. The van der Waals surface area contributed by atoms with Crippen molar-refractivity contribution >= 4 is 36.4 Å². The van der Waals surface area contributed by atoms with Crippen molar-refractivity contribution in [1.82, 2.24) is 0 Å². The molecule has 50 heavy (non-hydrogen) atoms. The molecule has 0 aliphatic rings. The molecule has 0 aliphatic carbocycles. The molecule has 0 fully saturated rings. The Morgan fingerprint density at radius 2 is 0.760 bits per heavy atom. The summed E-state index contributed by atoms with van der Waals surface area (Å²) in [6, 6.07) is 28.4. The van der Waals surface area contributed by atoms with Crippen molar-refractivity contribution in [2.45, 2.75) is 105 Å². The Balaban J connectivity index is 0.000000709. The zero-order chi connectivity index (χ0) is 36.5. The first kappa shape index (κ1) is 46.8. The summed E-state index contributed by atoms with van der Waals surface area (Å²) in [5.41, 5.74) is 7.08. The predicted molar refractivity (Wildman–Crippen MR) is 223 cm³/mol. The van der Waals surface area contributed by atoms with Gasteiger partial charge in [-0.3, -0.25) is 0 Å². The Morgan fingerprint density at radius 1 is 0.480 bits per heavy atom. The molecule has 4 rings (SSSR count). The summed E-state index contributed by atoms with van der Waals surface area (Å²) in [5.74, 6) is 0.348. The van der Waals surface area contributed by atoms with Gasteiger partial charge < -0.3 is 21.0 Å². The SMILES string of the molecule is CC(C)(C)c1cc(C=[N-])c(O)c(C(C)(C)C)c1.CC(C)(C)c1cc(C=[N-])c(O)c(C(C)(C)C)c1.I.[Mn].c1ccc([CH-][CH-]c2ccccc2)cc1. The summed E-state index contributed by atoms with van der Waals surface area (Å²) in [6.45, 7) is 25.0. The first-order chi connectivity index (χ1) is 22.1. The topological polar surface area (TPSA) is 85.1 Å². The van der Waals surface area contributed by atoms with Crippen LogP contribution in [0.4, 0.5) is 0 Å². The van der Waals surface area contributed by atoms with Gasteiger partial charge in [-0.25, -0.2) is 24.0 Å². The molecular weight excluding hydrogens is 770 g/mol. The molecule has 0 unspecified atom stereocenters. The minimum atomic E-state index is -0.150. The van der Waals surface area contributed by atoms with E-state index in [-0.39, 0.29) is 74.2 Å². The van der Waals surface area contributed by atoms with Crippen LogP contribution in [0.3, 0.4) is 0 Å². The first-order valence-electron chi connectivity index (χ1n) is 16.6. The standard InChI is InChI=1S/2C15H22NO.C14H12.HI.Mn/c2*1-14(2,3)11-7-10(9-16)13(17)12(8-11)15(4,5)6;1-3-7-13(8-4-1)11-12-14-9-5-2-6-10-14;;/h2*7-9,17H,1-6H3;1-12H;1H;/q2*-1;-2;;. The molecule has 4 aromatic rings. The van der Waals surface area contributed by atoms with E-state index in [9.17, 15) is 21.0 Å². The van der Waals surface area contributed by atoms with Gasteiger partial charge in [-0.05, 0) is 56.0 Å². The second kappa shape index (κ2) is 19.4. The van der Waals surface area contributed by atoms with Gasteiger partial charge in [-0.2, -0.15) is 36.7 Å². The van der Waals surface area contributed by atoms with Gasteiger partial charge in [-0.15, -0.1) is 48.2 Å². The summed E-state index contributed by atoms with van der Waals surface area (Å²) in [4.78, 5) is 0. The van der Waals surface area contributed by atoms with Gasteiger partial charge in [0, 0.05) is 28.2 Å². The molecule has 1 radical (unpaired) electrons. The van der Waals surface area contributed by atoms with Gasteiger partial charge in [0.25, 0.3) is 0 Å². The molecule has 6 heteroatoms. The summed E-state index contributed by atoms with van der Waals surface area (Å²) in [6.07, 6.45) is 6.18. The van der Waals surface area contributed by atoms with Gasteiger partial charge in [0.1, 0.15) is 11.5 Å². The maximum Gasteiger partial charge on any atom is 0.124 e. The third-order valence-corrected chi connectivity index (χ3v) is 7.97. The van der Waals surface area contributed by atoms with Crippen LogP contribution in [-0.4, -0.2) is 22.6 Å². The molecule has 0 atom stereocenters. The van der Waals surface area contributed by atoms with Crippen molar-refractivity contribution in [3.8, 4) is 11.5 Å². The van der Waals surface area contributed by atoms with Crippen LogP contribution < -0.4 is 0 Å². The summed E-state index contributed by atoms with van der Waals surface area (Å²) in [7, 11) is 0. The van der Waals surface area contributed by atoms with E-state index in [0.29, 0.717) is 11.1 Å². The number of hydrogen-bond acceptors (Lipinski definition) is 2. The number of nitrogens with zero attached hydrogens (tertiary/aromatic N) is 2. The van der Waals surface area contributed by atoms with E-state index in [1.807, 2.05) is 60.7 Å². The minimum absolute atomic E-state index is 0. The Kier molecular flexibility index (Phi) is 18.2. The number of aromatic hydroxyl groups is 2. The molecule has 4 aromatic carbocycles. The van der Waals surface area contributed by atoms with Crippen LogP contribution in [0.1, 0.15) is 128 Å². The van der Waals surface area contributed by atoms with E-state index in [2.05, 4.69) is 120 Å². The number of phenols is 2.